The smallest absolute Gasteiger partial charge is 0.187 e. The lowest BCUT2D eigenvalue weighted by Crippen LogP contribution is -1.97. The molecular formula is C15H10Cl2INO. The Kier molecular flexibility index (Phi) is 5.46. The third kappa shape index (κ3) is 3.98. The first kappa shape index (κ1) is 15.4. The predicted molar refractivity (Wildman–Crippen MR) is 92.7 cm³/mol. The Morgan fingerprint density at radius 3 is 2.55 bits per heavy atom. The molecule has 0 aliphatic heterocycles. The van der Waals surface area contributed by atoms with E-state index in [2.05, 4.69) is 27.9 Å². The van der Waals surface area contributed by atoms with Crippen LogP contribution in [0.15, 0.2) is 54.7 Å². The number of halogens is 3. The van der Waals surface area contributed by atoms with Crippen LogP contribution in [-0.2, 0) is 0 Å². The Morgan fingerprint density at radius 1 is 1.10 bits per heavy atom. The van der Waals surface area contributed by atoms with E-state index in [9.17, 15) is 4.79 Å². The predicted octanol–water partition coefficient (Wildman–Crippen LogP) is 5.41. The van der Waals surface area contributed by atoms with Crippen LogP contribution in [0.4, 0.5) is 5.69 Å². The summed E-state index contributed by atoms with van der Waals surface area (Å²) in [5, 5.41) is 3.88. The van der Waals surface area contributed by atoms with E-state index in [1.54, 1.807) is 24.4 Å². The number of rotatable bonds is 4. The quantitative estimate of drug-likeness (QED) is 0.409. The number of ketones is 1. The van der Waals surface area contributed by atoms with Crippen LogP contribution in [0.2, 0.25) is 10.0 Å². The van der Waals surface area contributed by atoms with Crippen LogP contribution in [0.3, 0.4) is 0 Å². The minimum absolute atomic E-state index is 0.137. The Morgan fingerprint density at radius 2 is 1.85 bits per heavy atom. The number of carbonyl (C=O) groups is 1. The minimum atomic E-state index is -0.137. The number of allylic oxidation sites excluding steroid dienone is 1. The lowest BCUT2D eigenvalue weighted by molar-refractivity contribution is 0.104. The molecule has 2 aromatic carbocycles. The summed E-state index contributed by atoms with van der Waals surface area (Å²) >= 11 is 13.9. The molecule has 0 saturated carbocycles. The molecule has 0 amide bonds. The first-order valence-electron chi connectivity index (χ1n) is 5.75. The summed E-state index contributed by atoms with van der Waals surface area (Å²) in [5.41, 5.74) is 1.45. The molecule has 0 atom stereocenters. The summed E-state index contributed by atoms with van der Waals surface area (Å²) < 4.78 is 1.08. The zero-order chi connectivity index (χ0) is 14.5. The van der Waals surface area contributed by atoms with E-state index < -0.39 is 0 Å². The van der Waals surface area contributed by atoms with Gasteiger partial charge in [-0.15, -0.1) is 0 Å². The molecule has 1 N–H and O–H groups in total. The zero-order valence-corrected chi connectivity index (χ0v) is 13.9. The monoisotopic (exact) mass is 417 g/mol. The largest absolute Gasteiger partial charge is 0.361 e. The average Bonchev–Trinajstić information content (AvgIpc) is 2.44. The van der Waals surface area contributed by atoms with Crippen LogP contribution in [-0.4, -0.2) is 5.78 Å². The van der Waals surface area contributed by atoms with Gasteiger partial charge in [-0.3, -0.25) is 4.79 Å². The zero-order valence-electron chi connectivity index (χ0n) is 10.2. The van der Waals surface area contributed by atoms with Crippen molar-refractivity contribution in [2.45, 2.75) is 0 Å². The molecule has 2 nitrogen and oxygen atoms in total. The molecule has 0 bridgehead atoms. The SMILES string of the molecule is O=C(C=CNc1ccccc1I)c1ccc(Cl)c(Cl)c1. The van der Waals surface area contributed by atoms with E-state index in [0.29, 0.717) is 15.6 Å². The van der Waals surface area contributed by atoms with Gasteiger partial charge in [-0.1, -0.05) is 35.3 Å². The molecule has 0 spiro atoms. The van der Waals surface area contributed by atoms with Crippen molar-refractivity contribution in [3.63, 3.8) is 0 Å². The lowest BCUT2D eigenvalue weighted by atomic mass is 10.1. The molecule has 20 heavy (non-hydrogen) atoms. The summed E-state index contributed by atoms with van der Waals surface area (Å²) in [6.45, 7) is 0. The number of anilines is 1. The van der Waals surface area contributed by atoms with Crippen LogP contribution in [0, 0.1) is 3.57 Å². The highest BCUT2D eigenvalue weighted by Crippen LogP contribution is 2.23. The van der Waals surface area contributed by atoms with Gasteiger partial charge in [0, 0.05) is 21.4 Å². The molecule has 2 rings (SSSR count). The third-order valence-corrected chi connectivity index (χ3v) is 4.23. The van der Waals surface area contributed by atoms with Crippen molar-refractivity contribution in [1.29, 1.82) is 0 Å². The van der Waals surface area contributed by atoms with Crippen LogP contribution in [0.1, 0.15) is 10.4 Å². The fourth-order valence-electron chi connectivity index (χ4n) is 1.53. The van der Waals surface area contributed by atoms with Crippen molar-refractivity contribution in [3.05, 3.63) is 73.9 Å². The van der Waals surface area contributed by atoms with Gasteiger partial charge in [0.25, 0.3) is 0 Å². The van der Waals surface area contributed by atoms with Crippen LogP contribution in [0.5, 0.6) is 0 Å². The van der Waals surface area contributed by atoms with Crippen molar-refractivity contribution in [1.82, 2.24) is 0 Å². The van der Waals surface area contributed by atoms with Gasteiger partial charge in [-0.05, 0) is 52.9 Å². The lowest BCUT2D eigenvalue weighted by Gasteiger charge is -2.03. The molecule has 102 valence electrons. The molecule has 0 heterocycles. The third-order valence-electron chi connectivity index (χ3n) is 2.55. The summed E-state index contributed by atoms with van der Waals surface area (Å²) in [4.78, 5) is 12.0. The van der Waals surface area contributed by atoms with E-state index in [-0.39, 0.29) is 5.78 Å². The maximum absolute atomic E-state index is 12.0. The second-order valence-corrected chi connectivity index (χ2v) is 5.93. The highest BCUT2D eigenvalue weighted by molar-refractivity contribution is 14.1. The van der Waals surface area contributed by atoms with Gasteiger partial charge in [-0.25, -0.2) is 0 Å². The first-order valence-corrected chi connectivity index (χ1v) is 7.58. The molecule has 0 aliphatic rings. The maximum Gasteiger partial charge on any atom is 0.187 e. The number of carbonyl (C=O) groups excluding carboxylic acids is 1. The summed E-state index contributed by atoms with van der Waals surface area (Å²) in [7, 11) is 0. The van der Waals surface area contributed by atoms with Crippen molar-refractivity contribution >= 4 is 57.3 Å². The summed E-state index contributed by atoms with van der Waals surface area (Å²) in [5.74, 6) is -0.137. The van der Waals surface area contributed by atoms with E-state index >= 15 is 0 Å². The van der Waals surface area contributed by atoms with Gasteiger partial charge in [-0.2, -0.15) is 0 Å². The Hall–Kier alpha value is -1.04. The van der Waals surface area contributed by atoms with Gasteiger partial charge < -0.3 is 5.32 Å². The molecule has 0 aliphatic carbocycles. The fourth-order valence-corrected chi connectivity index (χ4v) is 2.37. The molecule has 0 aromatic heterocycles. The number of para-hydroxylation sites is 1. The number of hydrogen-bond donors (Lipinski definition) is 1. The topological polar surface area (TPSA) is 29.1 Å². The molecule has 0 radical (unpaired) electrons. The molecule has 0 unspecified atom stereocenters. The second kappa shape index (κ2) is 7.11. The molecule has 0 fully saturated rings. The standard InChI is InChI=1S/C15H10Cl2INO/c16-11-6-5-10(9-12(11)17)15(20)7-8-19-14-4-2-1-3-13(14)18/h1-9,19H. The van der Waals surface area contributed by atoms with E-state index in [1.165, 1.54) is 6.08 Å². The number of benzene rings is 2. The highest BCUT2D eigenvalue weighted by atomic mass is 127. The van der Waals surface area contributed by atoms with Crippen LogP contribution < -0.4 is 5.32 Å². The normalized spacial score (nSPS) is 10.8. The van der Waals surface area contributed by atoms with E-state index in [1.807, 2.05) is 24.3 Å². The minimum Gasteiger partial charge on any atom is -0.361 e. The Bertz CT molecular complexity index is 671. The molecule has 5 heteroatoms. The van der Waals surface area contributed by atoms with Crippen molar-refractivity contribution in [2.75, 3.05) is 5.32 Å². The van der Waals surface area contributed by atoms with Gasteiger partial charge in [0.15, 0.2) is 5.78 Å². The van der Waals surface area contributed by atoms with Crippen LogP contribution in [0.25, 0.3) is 0 Å². The Balaban J connectivity index is 2.06. The fraction of sp³-hybridized carbons (Fsp3) is 0. The van der Waals surface area contributed by atoms with Gasteiger partial charge in [0.05, 0.1) is 15.7 Å². The molecule has 0 saturated heterocycles. The molecule has 2 aromatic rings. The van der Waals surface area contributed by atoms with Crippen molar-refractivity contribution in [3.8, 4) is 0 Å². The van der Waals surface area contributed by atoms with E-state index in [0.717, 1.165) is 9.26 Å². The van der Waals surface area contributed by atoms with Gasteiger partial charge in [0.1, 0.15) is 0 Å². The summed E-state index contributed by atoms with van der Waals surface area (Å²) in [6.07, 6.45) is 3.07. The molecular weight excluding hydrogens is 408 g/mol. The maximum atomic E-state index is 12.0. The van der Waals surface area contributed by atoms with Gasteiger partial charge >= 0.3 is 0 Å². The highest BCUT2D eigenvalue weighted by Gasteiger charge is 2.05. The summed E-state index contributed by atoms with van der Waals surface area (Å²) in [6, 6.07) is 12.6. The van der Waals surface area contributed by atoms with Gasteiger partial charge in [0.2, 0.25) is 0 Å². The van der Waals surface area contributed by atoms with E-state index in [4.69, 9.17) is 23.2 Å². The first-order chi connectivity index (χ1) is 9.58. The number of hydrogen-bond acceptors (Lipinski definition) is 2. The second-order valence-electron chi connectivity index (χ2n) is 3.95. The van der Waals surface area contributed by atoms with Crippen molar-refractivity contribution < 1.29 is 4.79 Å². The Labute approximate surface area is 140 Å². The van der Waals surface area contributed by atoms with Crippen molar-refractivity contribution in [2.24, 2.45) is 0 Å². The van der Waals surface area contributed by atoms with Crippen LogP contribution >= 0.6 is 45.8 Å². The number of nitrogens with one attached hydrogen (secondary N) is 1. The average molecular weight is 418 g/mol.